The highest BCUT2D eigenvalue weighted by Crippen LogP contribution is 2.43. The van der Waals surface area contributed by atoms with Crippen LogP contribution in [0.4, 0.5) is 0 Å². The van der Waals surface area contributed by atoms with Crippen LogP contribution in [-0.2, 0) is 5.41 Å². The van der Waals surface area contributed by atoms with E-state index in [1.54, 1.807) is 0 Å². The summed E-state index contributed by atoms with van der Waals surface area (Å²) in [5.41, 5.74) is 2.68. The molecule has 24 heavy (non-hydrogen) atoms. The van der Waals surface area contributed by atoms with E-state index in [0.29, 0.717) is 12.2 Å². The first-order valence-corrected chi connectivity index (χ1v) is 8.89. The summed E-state index contributed by atoms with van der Waals surface area (Å²) < 4.78 is 0. The Labute approximate surface area is 149 Å². The summed E-state index contributed by atoms with van der Waals surface area (Å²) in [5.74, 6) is 0.634. The molecule has 0 radical (unpaired) electrons. The van der Waals surface area contributed by atoms with Crippen LogP contribution in [0, 0.1) is 0 Å². The third-order valence-corrected chi connectivity index (χ3v) is 4.85. The van der Waals surface area contributed by atoms with Crippen LogP contribution in [0.5, 0.6) is 0 Å². The fraction of sp³-hybridized carbons (Fsp3) is 0.182. The van der Waals surface area contributed by atoms with Crippen molar-refractivity contribution in [2.75, 3.05) is 5.75 Å². The minimum Gasteiger partial charge on any atom is -0.391 e. The molecule has 0 unspecified atom stereocenters. The van der Waals surface area contributed by atoms with Crippen molar-refractivity contribution >= 4 is 12.6 Å². The fourth-order valence-electron chi connectivity index (χ4n) is 3.52. The third-order valence-electron chi connectivity index (χ3n) is 4.59. The molecule has 0 bridgehead atoms. The maximum atomic E-state index is 11.3. The third kappa shape index (κ3) is 3.00. The molecule has 0 heterocycles. The molecule has 0 aliphatic heterocycles. The van der Waals surface area contributed by atoms with Crippen LogP contribution in [-0.4, -0.2) is 17.0 Å². The van der Waals surface area contributed by atoms with Gasteiger partial charge in [-0.2, -0.15) is 12.6 Å². The molecule has 0 spiro atoms. The van der Waals surface area contributed by atoms with Crippen molar-refractivity contribution in [3.63, 3.8) is 0 Å². The number of thiol groups is 1. The Balaban J connectivity index is 2.33. The summed E-state index contributed by atoms with van der Waals surface area (Å²) in [5, 5.41) is 11.3. The van der Waals surface area contributed by atoms with Gasteiger partial charge in [0.05, 0.1) is 11.5 Å². The molecule has 0 aliphatic carbocycles. The number of rotatable bonds is 6. The van der Waals surface area contributed by atoms with Crippen molar-refractivity contribution in [1.82, 2.24) is 0 Å². The normalized spacial score (nSPS) is 12.8. The van der Waals surface area contributed by atoms with E-state index in [1.807, 2.05) is 54.6 Å². The molecular weight excluding hydrogens is 312 g/mol. The van der Waals surface area contributed by atoms with Crippen molar-refractivity contribution in [3.8, 4) is 0 Å². The molecule has 2 heteroatoms. The lowest BCUT2D eigenvalue weighted by molar-refractivity contribution is 0.118. The van der Waals surface area contributed by atoms with Gasteiger partial charge >= 0.3 is 0 Å². The SMILES string of the molecule is O[C@@H](CCS)C(c1ccccc1)(c1ccccc1)c1ccccc1. The second-order valence-electron chi connectivity index (χ2n) is 5.93. The first-order valence-electron chi connectivity index (χ1n) is 8.25. The monoisotopic (exact) mass is 334 g/mol. The van der Waals surface area contributed by atoms with Gasteiger partial charge in [0.15, 0.2) is 0 Å². The van der Waals surface area contributed by atoms with Crippen LogP contribution in [0.3, 0.4) is 0 Å². The molecule has 122 valence electrons. The predicted molar refractivity (Wildman–Crippen MR) is 104 cm³/mol. The zero-order valence-electron chi connectivity index (χ0n) is 13.5. The van der Waals surface area contributed by atoms with Gasteiger partial charge < -0.3 is 5.11 Å². The standard InChI is InChI=1S/C22H22OS/c23-21(16-17-24)22(18-10-4-1-5-11-18,19-12-6-2-7-13-19)20-14-8-3-9-15-20/h1-15,21,23-24H,16-17H2/t21-/m0/s1. The maximum Gasteiger partial charge on any atom is 0.0726 e. The Bertz CT molecular complexity index is 644. The molecule has 1 atom stereocenters. The molecule has 0 fully saturated rings. The molecule has 1 nitrogen and oxygen atoms in total. The fourth-order valence-corrected chi connectivity index (χ4v) is 3.76. The molecular formula is C22H22OS. The minimum atomic E-state index is -0.605. The molecule has 3 aromatic carbocycles. The molecule has 0 aromatic heterocycles. The first kappa shape index (κ1) is 16.8. The van der Waals surface area contributed by atoms with E-state index in [9.17, 15) is 5.11 Å². The number of aliphatic hydroxyl groups is 1. The smallest absolute Gasteiger partial charge is 0.0726 e. The van der Waals surface area contributed by atoms with E-state index < -0.39 is 11.5 Å². The Kier molecular flexibility index (Phi) is 5.39. The van der Waals surface area contributed by atoms with Crippen LogP contribution in [0.15, 0.2) is 91.0 Å². The van der Waals surface area contributed by atoms with Crippen LogP contribution < -0.4 is 0 Å². The Morgan fingerprint density at radius 3 is 1.29 bits per heavy atom. The lowest BCUT2D eigenvalue weighted by Crippen LogP contribution is -2.42. The predicted octanol–water partition coefficient (Wildman–Crippen LogP) is 4.70. The van der Waals surface area contributed by atoms with Gasteiger partial charge in [-0.25, -0.2) is 0 Å². The Morgan fingerprint density at radius 1 is 0.667 bits per heavy atom. The van der Waals surface area contributed by atoms with Crippen molar-refractivity contribution in [2.45, 2.75) is 17.9 Å². The van der Waals surface area contributed by atoms with Crippen molar-refractivity contribution in [2.24, 2.45) is 0 Å². The van der Waals surface area contributed by atoms with Crippen molar-refractivity contribution in [3.05, 3.63) is 108 Å². The summed E-state index contributed by atoms with van der Waals surface area (Å²) in [4.78, 5) is 0. The number of aliphatic hydroxyl groups excluding tert-OH is 1. The highest BCUT2D eigenvalue weighted by atomic mass is 32.1. The van der Waals surface area contributed by atoms with Crippen molar-refractivity contribution < 1.29 is 5.11 Å². The molecule has 0 amide bonds. The van der Waals surface area contributed by atoms with Gasteiger partial charge in [0.2, 0.25) is 0 Å². The lowest BCUT2D eigenvalue weighted by Gasteiger charge is -2.40. The molecule has 1 N–H and O–H groups in total. The van der Waals surface area contributed by atoms with Crippen molar-refractivity contribution in [1.29, 1.82) is 0 Å². The van der Waals surface area contributed by atoms with E-state index in [4.69, 9.17) is 0 Å². The first-order chi connectivity index (χ1) is 11.8. The molecule has 0 saturated carbocycles. The average molecular weight is 334 g/mol. The van der Waals surface area contributed by atoms with Gasteiger partial charge in [0, 0.05) is 0 Å². The zero-order chi connectivity index (χ0) is 16.8. The maximum absolute atomic E-state index is 11.3. The summed E-state index contributed by atoms with van der Waals surface area (Å²) in [6.45, 7) is 0. The lowest BCUT2D eigenvalue weighted by atomic mass is 9.65. The Hall–Kier alpha value is -2.03. The quantitative estimate of drug-likeness (QED) is 0.494. The highest BCUT2D eigenvalue weighted by molar-refractivity contribution is 7.80. The van der Waals surface area contributed by atoms with Crippen LogP contribution in [0.2, 0.25) is 0 Å². The summed E-state index contributed by atoms with van der Waals surface area (Å²) in [7, 11) is 0. The second kappa shape index (κ2) is 7.69. The van der Waals surface area contributed by atoms with E-state index in [0.717, 1.165) is 16.7 Å². The molecule has 3 rings (SSSR count). The van der Waals surface area contributed by atoms with Crippen LogP contribution in [0.1, 0.15) is 23.1 Å². The minimum absolute atomic E-state index is 0.567. The van der Waals surface area contributed by atoms with Gasteiger partial charge in [-0.05, 0) is 28.9 Å². The Morgan fingerprint density at radius 2 is 1.00 bits per heavy atom. The van der Waals surface area contributed by atoms with Gasteiger partial charge in [0.25, 0.3) is 0 Å². The second-order valence-corrected chi connectivity index (χ2v) is 6.38. The van der Waals surface area contributed by atoms with E-state index in [2.05, 4.69) is 49.0 Å². The van der Waals surface area contributed by atoms with E-state index in [-0.39, 0.29) is 0 Å². The zero-order valence-corrected chi connectivity index (χ0v) is 14.4. The average Bonchev–Trinajstić information content (AvgIpc) is 2.65. The molecule has 0 saturated heterocycles. The van der Waals surface area contributed by atoms with Gasteiger partial charge in [-0.3, -0.25) is 0 Å². The topological polar surface area (TPSA) is 20.2 Å². The summed E-state index contributed by atoms with van der Waals surface area (Å²) >= 11 is 4.37. The van der Waals surface area contributed by atoms with Gasteiger partial charge in [-0.1, -0.05) is 91.0 Å². The number of hydrogen-bond acceptors (Lipinski definition) is 2. The largest absolute Gasteiger partial charge is 0.391 e. The molecule has 3 aromatic rings. The molecule has 0 aliphatic rings. The van der Waals surface area contributed by atoms with Crippen LogP contribution in [0.25, 0.3) is 0 Å². The number of hydrogen-bond donors (Lipinski definition) is 2. The van der Waals surface area contributed by atoms with Gasteiger partial charge in [0.1, 0.15) is 0 Å². The summed E-state index contributed by atoms with van der Waals surface area (Å²) in [6, 6.07) is 30.8. The van der Waals surface area contributed by atoms with E-state index >= 15 is 0 Å². The highest BCUT2D eigenvalue weighted by Gasteiger charge is 2.42. The summed E-state index contributed by atoms with van der Waals surface area (Å²) in [6.07, 6.45) is 0.0455. The van der Waals surface area contributed by atoms with Crippen LogP contribution >= 0.6 is 12.6 Å². The van der Waals surface area contributed by atoms with E-state index in [1.165, 1.54) is 0 Å². The van der Waals surface area contributed by atoms with Gasteiger partial charge in [-0.15, -0.1) is 0 Å². The number of benzene rings is 3.